The summed E-state index contributed by atoms with van der Waals surface area (Å²) in [6.07, 6.45) is 5.36. The minimum absolute atomic E-state index is 0.0299. The Kier molecular flexibility index (Phi) is 4.92. The Bertz CT molecular complexity index is 1440. The minimum Gasteiger partial charge on any atom is -0.443 e. The van der Waals surface area contributed by atoms with E-state index in [-0.39, 0.29) is 5.88 Å². The van der Waals surface area contributed by atoms with Crippen LogP contribution in [0, 0.1) is 6.92 Å². The Morgan fingerprint density at radius 2 is 1.88 bits per heavy atom. The van der Waals surface area contributed by atoms with E-state index in [9.17, 15) is 9.59 Å². The van der Waals surface area contributed by atoms with Gasteiger partial charge in [0.15, 0.2) is 5.65 Å². The fourth-order valence-corrected chi connectivity index (χ4v) is 3.89. The third-order valence-corrected chi connectivity index (χ3v) is 5.35. The molecule has 4 heterocycles. The molecule has 1 aliphatic rings. The first-order chi connectivity index (χ1) is 16.1. The average molecular weight is 463 g/mol. The molecule has 0 saturated heterocycles. The minimum atomic E-state index is -1.000. The number of imide groups is 1. The molecule has 1 aliphatic carbocycles. The Morgan fingerprint density at radius 1 is 1.12 bits per heavy atom. The lowest BCUT2D eigenvalue weighted by Gasteiger charge is -2.19. The van der Waals surface area contributed by atoms with Crippen LogP contribution >= 0.6 is 0 Å². The average Bonchev–Trinajstić information content (AvgIpc) is 3.38. The lowest BCUT2D eigenvalue weighted by Crippen LogP contribution is -2.38. The summed E-state index contributed by atoms with van der Waals surface area (Å²) >= 11 is 0. The summed E-state index contributed by atoms with van der Waals surface area (Å²) in [4.78, 5) is 37.7. The number of nitrogens with zero attached hydrogens (tertiary/aromatic N) is 5. The number of hydrogen-bond donors (Lipinski definition) is 2. The van der Waals surface area contributed by atoms with Crippen molar-refractivity contribution in [2.75, 3.05) is 5.73 Å². The second-order valence-electron chi connectivity index (χ2n) is 9.32. The monoisotopic (exact) mass is 463 g/mol. The number of hydrogen-bond acceptors (Lipinski definition) is 8. The van der Waals surface area contributed by atoms with Crippen LogP contribution in [-0.2, 0) is 4.74 Å². The van der Waals surface area contributed by atoms with E-state index in [1.807, 2.05) is 29.8 Å². The van der Waals surface area contributed by atoms with Crippen LogP contribution in [0.3, 0.4) is 0 Å². The molecule has 4 aromatic heterocycles. The SMILES string of the molecule is Cc1cn2c(-c3cn(C4CC4)c4ncnc(OC(=O)NC(=O)OC(C)(C)C)c34)ccc(N)c2n1. The molecule has 3 N–H and O–H groups in total. The number of anilines is 1. The highest BCUT2D eigenvalue weighted by atomic mass is 16.6. The van der Waals surface area contributed by atoms with Gasteiger partial charge in [0.05, 0.1) is 22.5 Å². The number of aryl methyl sites for hydroxylation is 1. The molecule has 0 aromatic carbocycles. The fourth-order valence-electron chi connectivity index (χ4n) is 3.89. The number of amides is 2. The van der Waals surface area contributed by atoms with E-state index in [1.54, 1.807) is 26.8 Å². The smallest absolute Gasteiger partial charge is 0.423 e. The molecule has 11 nitrogen and oxygen atoms in total. The van der Waals surface area contributed by atoms with Gasteiger partial charge in [-0.25, -0.2) is 29.9 Å². The Labute approximate surface area is 194 Å². The molecule has 5 rings (SSSR count). The molecule has 4 aromatic rings. The van der Waals surface area contributed by atoms with E-state index < -0.39 is 17.8 Å². The van der Waals surface area contributed by atoms with Gasteiger partial charge < -0.3 is 19.8 Å². The van der Waals surface area contributed by atoms with E-state index in [0.717, 1.165) is 29.8 Å². The predicted octanol–water partition coefficient (Wildman–Crippen LogP) is 4.00. The van der Waals surface area contributed by atoms with Crippen LogP contribution in [0.4, 0.5) is 15.3 Å². The molecular formula is C23H25N7O4. The molecule has 0 spiro atoms. The summed E-state index contributed by atoms with van der Waals surface area (Å²) in [6, 6.07) is 3.98. The van der Waals surface area contributed by atoms with Crippen LogP contribution in [0.15, 0.2) is 30.9 Å². The number of nitrogens with one attached hydrogen (secondary N) is 1. The molecule has 2 amide bonds. The molecule has 1 saturated carbocycles. The van der Waals surface area contributed by atoms with Crippen molar-refractivity contribution >= 4 is 34.6 Å². The van der Waals surface area contributed by atoms with E-state index >= 15 is 0 Å². The molecule has 34 heavy (non-hydrogen) atoms. The van der Waals surface area contributed by atoms with E-state index in [0.29, 0.717) is 28.4 Å². The molecule has 0 atom stereocenters. The topological polar surface area (TPSA) is 139 Å². The van der Waals surface area contributed by atoms with Gasteiger partial charge in [-0.3, -0.25) is 4.40 Å². The number of rotatable bonds is 3. The van der Waals surface area contributed by atoms with Gasteiger partial charge in [0, 0.05) is 24.0 Å². The van der Waals surface area contributed by atoms with E-state index in [1.165, 1.54) is 6.33 Å². The van der Waals surface area contributed by atoms with Crippen molar-refractivity contribution in [2.45, 2.75) is 52.2 Å². The second kappa shape index (κ2) is 7.72. The van der Waals surface area contributed by atoms with E-state index in [2.05, 4.69) is 24.8 Å². The quantitative estimate of drug-likeness (QED) is 0.465. The number of carbonyl (C=O) groups is 2. The predicted molar refractivity (Wildman–Crippen MR) is 125 cm³/mol. The van der Waals surface area contributed by atoms with Crippen LogP contribution in [0.1, 0.15) is 45.3 Å². The molecule has 1 fully saturated rings. The number of fused-ring (bicyclic) bond motifs is 2. The summed E-state index contributed by atoms with van der Waals surface area (Å²) in [5.74, 6) is 0.0299. The van der Waals surface area contributed by atoms with Crippen LogP contribution in [-0.4, -0.2) is 41.7 Å². The lowest BCUT2D eigenvalue weighted by atomic mass is 10.1. The molecule has 0 unspecified atom stereocenters. The summed E-state index contributed by atoms with van der Waals surface area (Å²) < 4.78 is 14.6. The fraction of sp³-hybridized carbons (Fsp3) is 0.348. The first-order valence-electron chi connectivity index (χ1n) is 10.9. The zero-order chi connectivity index (χ0) is 24.2. The summed E-state index contributed by atoms with van der Waals surface area (Å²) in [6.45, 7) is 6.99. The first kappa shape index (κ1) is 21.7. The van der Waals surface area contributed by atoms with Crippen molar-refractivity contribution in [1.82, 2.24) is 29.2 Å². The van der Waals surface area contributed by atoms with Gasteiger partial charge in [0.25, 0.3) is 0 Å². The summed E-state index contributed by atoms with van der Waals surface area (Å²) in [7, 11) is 0. The first-order valence-corrected chi connectivity index (χ1v) is 10.9. The number of carbonyl (C=O) groups excluding carboxylic acids is 2. The molecule has 0 bridgehead atoms. The molecule has 0 radical (unpaired) electrons. The number of aromatic nitrogens is 5. The van der Waals surface area contributed by atoms with Gasteiger partial charge in [-0.15, -0.1) is 0 Å². The van der Waals surface area contributed by atoms with Crippen molar-refractivity contribution in [3.05, 3.63) is 36.5 Å². The molecular weight excluding hydrogens is 438 g/mol. The van der Waals surface area contributed by atoms with Gasteiger partial charge >= 0.3 is 12.2 Å². The largest absolute Gasteiger partial charge is 0.443 e. The summed E-state index contributed by atoms with van der Waals surface area (Å²) in [5, 5.41) is 2.62. The van der Waals surface area contributed by atoms with Crippen molar-refractivity contribution in [3.63, 3.8) is 0 Å². The van der Waals surface area contributed by atoms with Gasteiger partial charge in [-0.1, -0.05) is 0 Å². The zero-order valence-corrected chi connectivity index (χ0v) is 19.3. The summed E-state index contributed by atoms with van der Waals surface area (Å²) in [5.41, 5.74) is 9.56. The Hall–Kier alpha value is -4.15. The number of alkyl carbamates (subject to hydrolysis) is 1. The lowest BCUT2D eigenvalue weighted by molar-refractivity contribution is 0.0533. The van der Waals surface area contributed by atoms with Crippen molar-refractivity contribution in [1.29, 1.82) is 0 Å². The highest BCUT2D eigenvalue weighted by Gasteiger charge is 2.30. The Balaban J connectivity index is 1.60. The molecule has 11 heteroatoms. The zero-order valence-electron chi connectivity index (χ0n) is 19.3. The highest BCUT2D eigenvalue weighted by molar-refractivity contribution is 5.99. The number of ether oxygens (including phenoxy) is 2. The van der Waals surface area contributed by atoms with Crippen LogP contribution in [0.5, 0.6) is 5.88 Å². The standard InChI is InChI=1S/C23H25N7O4/c1-12-9-30-16(8-7-15(24)18(30)27-12)14-10-29(13-5-6-13)19-17(14)20(26-11-25-19)33-21(31)28-22(32)34-23(2,3)4/h7-11,13H,5-6,24H2,1-4H3,(H,28,31,32). The molecule has 176 valence electrons. The number of pyridine rings is 1. The van der Waals surface area contributed by atoms with Gasteiger partial charge in [0.2, 0.25) is 5.88 Å². The number of imidazole rings is 1. The normalized spacial score (nSPS) is 13.9. The van der Waals surface area contributed by atoms with Crippen LogP contribution in [0.2, 0.25) is 0 Å². The highest BCUT2D eigenvalue weighted by Crippen LogP contribution is 2.43. The third kappa shape index (κ3) is 4.00. The van der Waals surface area contributed by atoms with Gasteiger partial charge in [-0.2, -0.15) is 0 Å². The van der Waals surface area contributed by atoms with Crippen LogP contribution < -0.4 is 15.8 Å². The van der Waals surface area contributed by atoms with Crippen LogP contribution in [0.25, 0.3) is 27.9 Å². The van der Waals surface area contributed by atoms with Crippen molar-refractivity contribution in [2.24, 2.45) is 0 Å². The molecule has 0 aliphatic heterocycles. The maximum atomic E-state index is 12.5. The third-order valence-electron chi connectivity index (χ3n) is 5.35. The van der Waals surface area contributed by atoms with Crippen molar-refractivity contribution in [3.8, 4) is 17.1 Å². The van der Waals surface area contributed by atoms with Gasteiger partial charge in [0.1, 0.15) is 17.6 Å². The second-order valence-corrected chi connectivity index (χ2v) is 9.32. The number of nitrogen functional groups attached to an aromatic ring is 1. The Morgan fingerprint density at radius 3 is 2.59 bits per heavy atom. The van der Waals surface area contributed by atoms with Crippen molar-refractivity contribution < 1.29 is 19.1 Å². The maximum absolute atomic E-state index is 12.5. The van der Waals surface area contributed by atoms with E-state index in [4.69, 9.17) is 15.2 Å². The number of nitrogens with two attached hydrogens (primary N) is 1. The van der Waals surface area contributed by atoms with Gasteiger partial charge in [-0.05, 0) is 52.7 Å². The maximum Gasteiger partial charge on any atom is 0.423 e.